The fourth-order valence-electron chi connectivity index (χ4n) is 5.33. The van der Waals surface area contributed by atoms with Gasteiger partial charge in [0.2, 0.25) is 0 Å². The summed E-state index contributed by atoms with van der Waals surface area (Å²) in [7, 11) is 0. The molecule has 0 radical (unpaired) electrons. The van der Waals surface area contributed by atoms with Crippen LogP contribution in [0.3, 0.4) is 0 Å². The molecule has 0 N–H and O–H groups in total. The van der Waals surface area contributed by atoms with Gasteiger partial charge in [-0.1, -0.05) is 6.07 Å². The molecule has 3 heterocycles. The molecule has 1 aliphatic heterocycles. The van der Waals surface area contributed by atoms with E-state index in [1.165, 1.54) is 25.7 Å². The first-order valence-electron chi connectivity index (χ1n) is 14.4. The van der Waals surface area contributed by atoms with E-state index in [0.717, 1.165) is 53.6 Å². The lowest BCUT2D eigenvalue weighted by atomic mass is 9.80. The second-order valence-electron chi connectivity index (χ2n) is 13.3. The van der Waals surface area contributed by atoms with Crippen LogP contribution < -0.4 is 4.90 Å². The number of hydrogen-bond acceptors (Lipinski definition) is 7. The van der Waals surface area contributed by atoms with E-state index in [1.807, 2.05) is 0 Å². The molecule has 2 aliphatic carbocycles. The summed E-state index contributed by atoms with van der Waals surface area (Å²) in [5.41, 5.74) is 1.86. The van der Waals surface area contributed by atoms with Crippen molar-refractivity contribution in [2.24, 2.45) is 5.92 Å². The minimum Gasteiger partial charge on any atom is -0.443 e. The Balaban J connectivity index is 1.28. The summed E-state index contributed by atoms with van der Waals surface area (Å²) in [6.07, 6.45) is 7.27. The first-order valence-corrected chi connectivity index (χ1v) is 14.4. The second-order valence-corrected chi connectivity index (χ2v) is 13.3. The molecule has 5 rings (SSSR count). The highest BCUT2D eigenvalue weighted by atomic mass is 16.6. The fraction of sp³-hybridized carbons (Fsp3) is 0.667. The molecule has 212 valence electrons. The summed E-state index contributed by atoms with van der Waals surface area (Å²) in [6, 6.07) is 6.52. The maximum atomic E-state index is 12.9. The fourth-order valence-corrected chi connectivity index (χ4v) is 5.33. The molecule has 0 aromatic carbocycles. The number of hydrogen-bond donors (Lipinski definition) is 0. The Hall–Kier alpha value is -3.10. The summed E-state index contributed by atoms with van der Waals surface area (Å²) in [6.45, 7) is 13.2. The highest BCUT2D eigenvalue weighted by Crippen LogP contribution is 2.46. The van der Waals surface area contributed by atoms with Crippen molar-refractivity contribution in [1.82, 2.24) is 19.7 Å². The molecule has 1 saturated heterocycles. The lowest BCUT2D eigenvalue weighted by Gasteiger charge is -2.38. The average molecular weight is 538 g/mol. The van der Waals surface area contributed by atoms with Gasteiger partial charge in [-0.15, -0.1) is 0 Å². The highest BCUT2D eigenvalue weighted by Gasteiger charge is 2.39. The zero-order valence-corrected chi connectivity index (χ0v) is 24.3. The van der Waals surface area contributed by atoms with Crippen molar-refractivity contribution >= 4 is 18.0 Å². The van der Waals surface area contributed by atoms with Crippen LogP contribution in [0.15, 0.2) is 24.4 Å². The molecule has 2 saturated carbocycles. The third-order valence-electron chi connectivity index (χ3n) is 7.42. The number of nitrogens with zero attached hydrogens (tertiary/aromatic N) is 5. The van der Waals surface area contributed by atoms with Gasteiger partial charge in [-0.2, -0.15) is 5.10 Å². The van der Waals surface area contributed by atoms with E-state index < -0.39 is 23.4 Å². The van der Waals surface area contributed by atoms with Gasteiger partial charge in [0.15, 0.2) is 0 Å². The van der Waals surface area contributed by atoms with Gasteiger partial charge in [0.25, 0.3) is 0 Å². The summed E-state index contributed by atoms with van der Waals surface area (Å²) in [5, 5.41) is 5.04. The first-order chi connectivity index (χ1) is 18.4. The van der Waals surface area contributed by atoms with Gasteiger partial charge in [0.05, 0.1) is 17.4 Å². The van der Waals surface area contributed by atoms with E-state index >= 15 is 0 Å². The van der Waals surface area contributed by atoms with Crippen molar-refractivity contribution in [1.29, 1.82) is 0 Å². The van der Waals surface area contributed by atoms with E-state index in [4.69, 9.17) is 19.6 Å². The molecule has 39 heavy (non-hydrogen) atoms. The van der Waals surface area contributed by atoms with E-state index in [2.05, 4.69) is 34.0 Å². The third-order valence-corrected chi connectivity index (χ3v) is 7.42. The topological polar surface area (TPSA) is 89.8 Å². The van der Waals surface area contributed by atoms with Crippen LogP contribution >= 0.6 is 0 Å². The van der Waals surface area contributed by atoms with Crippen molar-refractivity contribution in [2.45, 2.75) is 103 Å². The van der Waals surface area contributed by atoms with Gasteiger partial charge < -0.3 is 14.4 Å². The number of carbonyl (C=O) groups is 2. The molecular formula is C30H43N5O4. The van der Waals surface area contributed by atoms with Crippen molar-refractivity contribution in [2.75, 3.05) is 24.5 Å². The van der Waals surface area contributed by atoms with Gasteiger partial charge in [0.1, 0.15) is 17.0 Å². The highest BCUT2D eigenvalue weighted by molar-refractivity contribution is 5.88. The summed E-state index contributed by atoms with van der Waals surface area (Å²) in [4.78, 5) is 34.3. The average Bonchev–Trinajstić information content (AvgIpc) is 3.32. The predicted octanol–water partition coefficient (Wildman–Crippen LogP) is 6.55. The van der Waals surface area contributed by atoms with Crippen molar-refractivity contribution in [3.05, 3.63) is 30.1 Å². The number of aromatic nitrogens is 3. The summed E-state index contributed by atoms with van der Waals surface area (Å²) >= 11 is 0. The second kappa shape index (κ2) is 10.5. The molecule has 2 aromatic rings. The Morgan fingerprint density at radius 1 is 0.974 bits per heavy atom. The Bertz CT molecular complexity index is 1170. The summed E-state index contributed by atoms with van der Waals surface area (Å²) < 4.78 is 13.1. The molecule has 0 unspecified atom stereocenters. The standard InChI is InChI=1S/C30H43N5O4/c1-29(2,3)38-27(36)34(28(37)39-30(4,5)6)18-20-16-22(17-20)35-19-23(26(32-35)21-12-13-21)24-10-9-11-25(31-24)33-14-7-8-15-33/h9-11,19-22H,7-8,12-18H2,1-6H3. The van der Waals surface area contributed by atoms with Gasteiger partial charge in [-0.05, 0) is 98.1 Å². The lowest BCUT2D eigenvalue weighted by Crippen LogP contribution is -2.47. The Labute approximate surface area is 231 Å². The molecule has 2 amide bonds. The lowest BCUT2D eigenvalue weighted by molar-refractivity contribution is -0.00641. The Morgan fingerprint density at radius 3 is 2.15 bits per heavy atom. The van der Waals surface area contributed by atoms with Gasteiger partial charge in [-0.3, -0.25) is 4.68 Å². The molecule has 0 bridgehead atoms. The van der Waals surface area contributed by atoms with Crippen LogP contribution in [0.1, 0.15) is 97.7 Å². The molecule has 3 aliphatic rings. The Morgan fingerprint density at radius 2 is 1.59 bits per heavy atom. The van der Waals surface area contributed by atoms with Crippen molar-refractivity contribution in [3.63, 3.8) is 0 Å². The van der Waals surface area contributed by atoms with Gasteiger partial charge in [-0.25, -0.2) is 19.5 Å². The van der Waals surface area contributed by atoms with Crippen LogP contribution in [0.2, 0.25) is 0 Å². The molecule has 9 nitrogen and oxygen atoms in total. The minimum atomic E-state index is -0.704. The van der Waals surface area contributed by atoms with E-state index in [1.54, 1.807) is 41.5 Å². The van der Waals surface area contributed by atoms with E-state index in [-0.39, 0.29) is 18.5 Å². The zero-order chi connectivity index (χ0) is 27.9. The molecule has 0 spiro atoms. The number of carbonyl (C=O) groups excluding carboxylic acids is 2. The number of imide groups is 1. The molecule has 0 atom stereocenters. The first kappa shape index (κ1) is 27.5. The van der Waals surface area contributed by atoms with Crippen LogP contribution in [0.5, 0.6) is 0 Å². The maximum Gasteiger partial charge on any atom is 0.419 e. The SMILES string of the molecule is CC(C)(C)OC(=O)N(CC1CC(n2cc(-c3cccc(N4CCCC4)n3)c(C3CC3)n2)C1)C(=O)OC(C)(C)C. The predicted molar refractivity (Wildman–Crippen MR) is 150 cm³/mol. The van der Waals surface area contributed by atoms with Crippen molar-refractivity contribution < 1.29 is 19.1 Å². The molecule has 9 heteroatoms. The quantitative estimate of drug-likeness (QED) is 0.413. The van der Waals surface area contributed by atoms with Crippen LogP contribution in [0.4, 0.5) is 15.4 Å². The summed E-state index contributed by atoms with van der Waals surface area (Å²) in [5.74, 6) is 1.71. The van der Waals surface area contributed by atoms with Crippen molar-refractivity contribution in [3.8, 4) is 11.3 Å². The molecule has 3 fully saturated rings. The monoisotopic (exact) mass is 537 g/mol. The van der Waals surface area contributed by atoms with E-state index in [0.29, 0.717) is 5.92 Å². The number of anilines is 1. The largest absolute Gasteiger partial charge is 0.443 e. The Kier molecular flexibility index (Phi) is 7.37. The molecule has 2 aromatic heterocycles. The smallest absolute Gasteiger partial charge is 0.419 e. The van der Waals surface area contributed by atoms with Gasteiger partial charge in [0, 0.05) is 37.3 Å². The van der Waals surface area contributed by atoms with E-state index in [9.17, 15) is 9.59 Å². The van der Waals surface area contributed by atoms with Crippen LogP contribution in [0, 0.1) is 5.92 Å². The third kappa shape index (κ3) is 6.73. The number of rotatable bonds is 6. The maximum absolute atomic E-state index is 12.9. The normalized spacial score (nSPS) is 21.4. The molecular weight excluding hydrogens is 494 g/mol. The number of ether oxygens (including phenoxy) is 2. The number of pyridine rings is 1. The van der Waals surface area contributed by atoms with Gasteiger partial charge >= 0.3 is 12.2 Å². The minimum absolute atomic E-state index is 0.156. The van der Waals surface area contributed by atoms with Crippen LogP contribution in [-0.4, -0.2) is 62.7 Å². The van der Waals surface area contributed by atoms with Crippen LogP contribution in [0.25, 0.3) is 11.3 Å². The number of amides is 2. The zero-order valence-electron chi connectivity index (χ0n) is 24.3. The van der Waals surface area contributed by atoms with Crippen LogP contribution in [-0.2, 0) is 9.47 Å².